The van der Waals surface area contributed by atoms with Crippen LogP contribution in [-0.2, 0) is 6.54 Å². The highest BCUT2D eigenvalue weighted by Crippen LogP contribution is 2.46. The topological polar surface area (TPSA) is 29.9 Å². The first kappa shape index (κ1) is 17.8. The predicted molar refractivity (Wildman–Crippen MR) is 64.5 cm³/mol. The molecule has 0 saturated heterocycles. The van der Waals surface area contributed by atoms with Gasteiger partial charge in [-0.25, -0.2) is 0 Å². The van der Waals surface area contributed by atoms with Crippen LogP contribution < -0.4 is 5.32 Å². The standard InChI is InChI=1S/C12H17F6N3/c1-3-5-21-7-8(6-20-21)9(19-4-2)10(11(13,14)15)12(16,17)18/h6-7,9-10,19H,3-5H2,1-2H3. The van der Waals surface area contributed by atoms with Crippen molar-refractivity contribution in [2.24, 2.45) is 5.92 Å². The molecule has 9 heteroatoms. The maximum absolute atomic E-state index is 12.8. The second kappa shape index (κ2) is 6.67. The van der Waals surface area contributed by atoms with Gasteiger partial charge in [-0.3, -0.25) is 4.68 Å². The number of alkyl halides is 6. The molecule has 0 aromatic carbocycles. The maximum atomic E-state index is 12.8. The van der Waals surface area contributed by atoms with E-state index in [0.29, 0.717) is 13.0 Å². The molecule has 0 aliphatic rings. The summed E-state index contributed by atoms with van der Waals surface area (Å²) >= 11 is 0. The monoisotopic (exact) mass is 317 g/mol. The third-order valence-corrected chi connectivity index (χ3v) is 2.93. The molecule has 0 radical (unpaired) electrons. The fraction of sp³-hybridized carbons (Fsp3) is 0.750. The highest BCUT2D eigenvalue weighted by Gasteiger charge is 2.60. The first-order chi connectivity index (χ1) is 9.61. The van der Waals surface area contributed by atoms with Gasteiger partial charge in [0.05, 0.1) is 12.2 Å². The van der Waals surface area contributed by atoms with Crippen molar-refractivity contribution in [1.29, 1.82) is 0 Å². The molecule has 1 aromatic rings. The SMILES string of the molecule is CCCn1cc(C(NCC)C(C(F)(F)F)C(F)(F)F)cn1. The van der Waals surface area contributed by atoms with Crippen LogP contribution in [0.15, 0.2) is 12.4 Å². The molecule has 1 heterocycles. The molecule has 0 amide bonds. The highest BCUT2D eigenvalue weighted by molar-refractivity contribution is 5.14. The summed E-state index contributed by atoms with van der Waals surface area (Å²) in [6.07, 6.45) is -7.83. The Morgan fingerprint density at radius 1 is 1.14 bits per heavy atom. The van der Waals surface area contributed by atoms with Crippen LogP contribution >= 0.6 is 0 Å². The Morgan fingerprint density at radius 3 is 2.14 bits per heavy atom. The lowest BCUT2D eigenvalue weighted by molar-refractivity contribution is -0.292. The Kier molecular flexibility index (Phi) is 5.66. The molecular weight excluding hydrogens is 300 g/mol. The Hall–Kier alpha value is -1.25. The summed E-state index contributed by atoms with van der Waals surface area (Å²) in [5, 5.41) is 6.07. The first-order valence-corrected chi connectivity index (χ1v) is 6.50. The molecule has 3 nitrogen and oxygen atoms in total. The van der Waals surface area contributed by atoms with Crippen LogP contribution in [0.3, 0.4) is 0 Å². The minimum Gasteiger partial charge on any atom is -0.309 e. The zero-order chi connectivity index (χ0) is 16.3. The summed E-state index contributed by atoms with van der Waals surface area (Å²) in [5.74, 6) is -3.47. The number of halogens is 6. The van der Waals surface area contributed by atoms with E-state index in [1.165, 1.54) is 17.8 Å². The molecule has 1 rings (SSSR count). The van der Waals surface area contributed by atoms with E-state index < -0.39 is 24.3 Å². The number of rotatable bonds is 6. The summed E-state index contributed by atoms with van der Waals surface area (Å²) in [6.45, 7) is 3.69. The highest BCUT2D eigenvalue weighted by atomic mass is 19.4. The Balaban J connectivity index is 3.17. The average Bonchev–Trinajstić information content (AvgIpc) is 2.73. The quantitative estimate of drug-likeness (QED) is 0.811. The number of aromatic nitrogens is 2. The number of aryl methyl sites for hydroxylation is 1. The molecule has 21 heavy (non-hydrogen) atoms. The van der Waals surface area contributed by atoms with Crippen LogP contribution in [0, 0.1) is 5.92 Å². The lowest BCUT2D eigenvalue weighted by atomic mass is 9.93. The van der Waals surface area contributed by atoms with Crippen LogP contribution in [0.2, 0.25) is 0 Å². The summed E-state index contributed by atoms with van der Waals surface area (Å²) < 4.78 is 78.4. The average molecular weight is 317 g/mol. The Labute approximate surface area is 118 Å². The van der Waals surface area contributed by atoms with Crippen molar-refractivity contribution in [1.82, 2.24) is 15.1 Å². The van der Waals surface area contributed by atoms with Crippen LogP contribution in [0.25, 0.3) is 0 Å². The van der Waals surface area contributed by atoms with Crippen LogP contribution in [-0.4, -0.2) is 28.7 Å². The van der Waals surface area contributed by atoms with Gasteiger partial charge in [-0.15, -0.1) is 0 Å². The zero-order valence-electron chi connectivity index (χ0n) is 11.6. The van der Waals surface area contributed by atoms with Gasteiger partial charge in [0.15, 0.2) is 5.92 Å². The van der Waals surface area contributed by atoms with E-state index in [4.69, 9.17) is 0 Å². The minimum absolute atomic E-state index is 0.0215. The summed E-state index contributed by atoms with van der Waals surface area (Å²) in [7, 11) is 0. The summed E-state index contributed by atoms with van der Waals surface area (Å²) in [4.78, 5) is 0. The van der Waals surface area contributed by atoms with Crippen LogP contribution in [0.5, 0.6) is 0 Å². The fourth-order valence-corrected chi connectivity index (χ4v) is 2.10. The lowest BCUT2D eigenvalue weighted by Gasteiger charge is -2.30. The molecule has 1 atom stereocenters. The second-order valence-corrected chi connectivity index (χ2v) is 4.63. The van der Waals surface area contributed by atoms with Crippen molar-refractivity contribution in [3.63, 3.8) is 0 Å². The van der Waals surface area contributed by atoms with Crippen molar-refractivity contribution in [2.75, 3.05) is 6.54 Å². The van der Waals surface area contributed by atoms with Crippen molar-refractivity contribution >= 4 is 0 Å². The van der Waals surface area contributed by atoms with Gasteiger partial charge in [-0.1, -0.05) is 13.8 Å². The van der Waals surface area contributed by atoms with Gasteiger partial charge in [0.25, 0.3) is 0 Å². The van der Waals surface area contributed by atoms with Crippen molar-refractivity contribution in [3.8, 4) is 0 Å². The van der Waals surface area contributed by atoms with Crippen molar-refractivity contribution < 1.29 is 26.3 Å². The van der Waals surface area contributed by atoms with Gasteiger partial charge in [-0.2, -0.15) is 31.4 Å². The predicted octanol–water partition coefficient (Wildman–Crippen LogP) is 3.68. The molecule has 0 saturated carbocycles. The molecule has 0 bridgehead atoms. The van der Waals surface area contributed by atoms with E-state index in [0.717, 1.165) is 6.20 Å². The number of hydrogen-bond acceptors (Lipinski definition) is 2. The Morgan fingerprint density at radius 2 is 1.71 bits per heavy atom. The largest absolute Gasteiger partial charge is 0.402 e. The van der Waals surface area contributed by atoms with Crippen LogP contribution in [0.4, 0.5) is 26.3 Å². The first-order valence-electron chi connectivity index (χ1n) is 6.50. The summed E-state index contributed by atoms with van der Waals surface area (Å²) in [5.41, 5.74) is -0.120. The van der Waals surface area contributed by atoms with E-state index >= 15 is 0 Å². The maximum Gasteiger partial charge on any atom is 0.402 e. The molecule has 1 unspecified atom stereocenters. The third-order valence-electron chi connectivity index (χ3n) is 2.93. The second-order valence-electron chi connectivity index (χ2n) is 4.63. The van der Waals surface area contributed by atoms with E-state index in [1.54, 1.807) is 0 Å². The molecule has 1 aromatic heterocycles. The van der Waals surface area contributed by atoms with Crippen molar-refractivity contribution in [3.05, 3.63) is 18.0 Å². The minimum atomic E-state index is -5.39. The van der Waals surface area contributed by atoms with E-state index in [1.807, 2.05) is 6.92 Å². The van der Waals surface area contributed by atoms with Gasteiger partial charge >= 0.3 is 12.4 Å². The smallest absolute Gasteiger partial charge is 0.309 e. The fourth-order valence-electron chi connectivity index (χ4n) is 2.10. The van der Waals surface area contributed by atoms with Crippen LogP contribution in [0.1, 0.15) is 31.9 Å². The molecule has 122 valence electrons. The van der Waals surface area contributed by atoms with Gasteiger partial charge in [0.2, 0.25) is 0 Å². The van der Waals surface area contributed by atoms with E-state index in [2.05, 4.69) is 10.4 Å². The molecular formula is C12H17F6N3. The number of nitrogens with one attached hydrogen (secondary N) is 1. The molecule has 1 N–H and O–H groups in total. The number of hydrogen-bond donors (Lipinski definition) is 1. The van der Waals surface area contributed by atoms with Gasteiger partial charge < -0.3 is 5.32 Å². The third kappa shape index (κ3) is 4.62. The number of nitrogens with zero attached hydrogens (tertiary/aromatic N) is 2. The Bertz CT molecular complexity index is 423. The van der Waals surface area contributed by atoms with Crippen molar-refractivity contribution in [2.45, 2.75) is 45.2 Å². The van der Waals surface area contributed by atoms with E-state index in [9.17, 15) is 26.3 Å². The lowest BCUT2D eigenvalue weighted by Crippen LogP contribution is -2.45. The van der Waals surface area contributed by atoms with Gasteiger partial charge in [0.1, 0.15) is 0 Å². The normalized spacial score (nSPS) is 14.7. The molecule has 0 aliphatic carbocycles. The molecule has 0 fully saturated rings. The molecule has 0 spiro atoms. The van der Waals surface area contributed by atoms with Gasteiger partial charge in [0, 0.05) is 18.3 Å². The van der Waals surface area contributed by atoms with E-state index in [-0.39, 0.29) is 12.1 Å². The van der Waals surface area contributed by atoms with Gasteiger partial charge in [-0.05, 0) is 13.0 Å². The summed E-state index contributed by atoms with van der Waals surface area (Å²) in [6, 6.07) is -1.90. The zero-order valence-corrected chi connectivity index (χ0v) is 11.6. The molecule has 0 aliphatic heterocycles.